The van der Waals surface area contributed by atoms with Crippen LogP contribution < -0.4 is 4.74 Å². The lowest BCUT2D eigenvalue weighted by molar-refractivity contribution is -0.140. The number of rotatable bonds is 4. The second-order valence-corrected chi connectivity index (χ2v) is 5.41. The first kappa shape index (κ1) is 15.1. The molecule has 1 heterocycles. The maximum absolute atomic E-state index is 12.3. The molecule has 0 N–H and O–H groups in total. The van der Waals surface area contributed by atoms with Crippen LogP contribution in [-0.4, -0.2) is 43.2 Å². The number of carbonyl (C=O) groups is 1. The third-order valence-corrected chi connectivity index (χ3v) is 3.78. The number of ether oxygens (including phenoxy) is 2. The number of hydrogen-bond donors (Lipinski definition) is 0. The standard InChI is InChI=1S/C15H20ClNO3/c1-11(20-14-5-3-4-12(16)10-14)15(18)17-8-6-13(19-2)7-9-17/h3-5,10-11,13H,6-9H2,1-2H3. The minimum Gasteiger partial charge on any atom is -0.481 e. The van der Waals surface area contributed by atoms with Gasteiger partial charge in [0.2, 0.25) is 0 Å². The summed E-state index contributed by atoms with van der Waals surface area (Å²) in [7, 11) is 1.72. The molecular weight excluding hydrogens is 278 g/mol. The predicted molar refractivity (Wildman–Crippen MR) is 78.2 cm³/mol. The van der Waals surface area contributed by atoms with E-state index in [1.165, 1.54) is 0 Å². The van der Waals surface area contributed by atoms with E-state index in [0.717, 1.165) is 25.9 Å². The summed E-state index contributed by atoms with van der Waals surface area (Å²) >= 11 is 5.90. The minimum absolute atomic E-state index is 0.0135. The first-order valence-corrected chi connectivity index (χ1v) is 7.21. The molecule has 1 fully saturated rings. The van der Waals surface area contributed by atoms with Gasteiger partial charge in [-0.25, -0.2) is 0 Å². The number of benzene rings is 1. The molecule has 0 aliphatic carbocycles. The molecule has 1 aromatic rings. The maximum Gasteiger partial charge on any atom is 0.263 e. The number of amides is 1. The third kappa shape index (κ3) is 3.87. The van der Waals surface area contributed by atoms with Gasteiger partial charge < -0.3 is 14.4 Å². The lowest BCUT2D eigenvalue weighted by Crippen LogP contribution is -2.46. The van der Waals surface area contributed by atoms with Crippen LogP contribution in [0.4, 0.5) is 0 Å². The summed E-state index contributed by atoms with van der Waals surface area (Å²) in [6.45, 7) is 3.22. The molecule has 1 aliphatic rings. The van der Waals surface area contributed by atoms with E-state index in [1.807, 2.05) is 4.90 Å². The van der Waals surface area contributed by atoms with Crippen LogP contribution >= 0.6 is 11.6 Å². The van der Waals surface area contributed by atoms with Crippen molar-refractivity contribution in [3.8, 4) is 5.75 Å². The molecule has 0 spiro atoms. The van der Waals surface area contributed by atoms with Gasteiger partial charge in [0.25, 0.3) is 5.91 Å². The highest BCUT2D eigenvalue weighted by Gasteiger charge is 2.26. The normalized spacial score (nSPS) is 17.9. The van der Waals surface area contributed by atoms with E-state index in [4.69, 9.17) is 21.1 Å². The van der Waals surface area contributed by atoms with Crippen molar-refractivity contribution >= 4 is 17.5 Å². The average Bonchev–Trinajstić information content (AvgIpc) is 2.46. The highest BCUT2D eigenvalue weighted by molar-refractivity contribution is 6.30. The summed E-state index contributed by atoms with van der Waals surface area (Å²) in [4.78, 5) is 14.1. The van der Waals surface area contributed by atoms with Crippen molar-refractivity contribution in [1.82, 2.24) is 4.90 Å². The van der Waals surface area contributed by atoms with Gasteiger partial charge in [-0.3, -0.25) is 4.79 Å². The second kappa shape index (κ2) is 6.95. The summed E-state index contributed by atoms with van der Waals surface area (Å²) in [5.41, 5.74) is 0. The van der Waals surface area contributed by atoms with Gasteiger partial charge in [-0.1, -0.05) is 17.7 Å². The van der Waals surface area contributed by atoms with Crippen molar-refractivity contribution in [2.24, 2.45) is 0 Å². The highest BCUT2D eigenvalue weighted by atomic mass is 35.5. The number of nitrogens with zero attached hydrogens (tertiary/aromatic N) is 1. The molecule has 1 amide bonds. The van der Waals surface area contributed by atoms with E-state index >= 15 is 0 Å². The van der Waals surface area contributed by atoms with Crippen molar-refractivity contribution in [3.05, 3.63) is 29.3 Å². The van der Waals surface area contributed by atoms with Crippen molar-refractivity contribution in [1.29, 1.82) is 0 Å². The number of halogens is 1. The van der Waals surface area contributed by atoms with Gasteiger partial charge in [0, 0.05) is 25.2 Å². The van der Waals surface area contributed by atoms with Crippen LogP contribution in [0.15, 0.2) is 24.3 Å². The number of carbonyl (C=O) groups excluding carboxylic acids is 1. The Balaban J connectivity index is 1.89. The Bertz CT molecular complexity index is 458. The monoisotopic (exact) mass is 297 g/mol. The minimum atomic E-state index is -0.507. The Kier molecular flexibility index (Phi) is 5.26. The summed E-state index contributed by atoms with van der Waals surface area (Å²) in [6.07, 6.45) is 1.52. The van der Waals surface area contributed by atoms with Crippen molar-refractivity contribution < 1.29 is 14.3 Å². The number of hydrogen-bond acceptors (Lipinski definition) is 3. The maximum atomic E-state index is 12.3. The van der Waals surface area contributed by atoms with Crippen LogP contribution in [0.2, 0.25) is 5.02 Å². The lowest BCUT2D eigenvalue weighted by Gasteiger charge is -2.32. The van der Waals surface area contributed by atoms with E-state index in [1.54, 1.807) is 38.3 Å². The van der Waals surface area contributed by atoms with Gasteiger partial charge in [-0.2, -0.15) is 0 Å². The number of methoxy groups -OCH3 is 1. The smallest absolute Gasteiger partial charge is 0.263 e. The number of likely N-dealkylation sites (tertiary alicyclic amines) is 1. The molecule has 1 atom stereocenters. The van der Waals surface area contributed by atoms with Gasteiger partial charge in [0.05, 0.1) is 6.10 Å². The fraction of sp³-hybridized carbons (Fsp3) is 0.533. The average molecular weight is 298 g/mol. The lowest BCUT2D eigenvalue weighted by atomic mass is 10.1. The molecular formula is C15H20ClNO3. The molecule has 5 heteroatoms. The Morgan fingerprint density at radius 3 is 2.70 bits per heavy atom. The van der Waals surface area contributed by atoms with Crippen LogP contribution in [0.3, 0.4) is 0 Å². The Morgan fingerprint density at radius 2 is 2.10 bits per heavy atom. The predicted octanol–water partition coefficient (Wildman–Crippen LogP) is 2.74. The second-order valence-electron chi connectivity index (χ2n) is 4.98. The number of piperidine rings is 1. The van der Waals surface area contributed by atoms with E-state index in [-0.39, 0.29) is 12.0 Å². The van der Waals surface area contributed by atoms with E-state index in [9.17, 15) is 4.79 Å². The summed E-state index contributed by atoms with van der Waals surface area (Å²) < 4.78 is 11.0. The van der Waals surface area contributed by atoms with Crippen molar-refractivity contribution in [2.75, 3.05) is 20.2 Å². The van der Waals surface area contributed by atoms with Crippen LogP contribution in [0.5, 0.6) is 5.75 Å². The summed E-state index contributed by atoms with van der Waals surface area (Å²) in [5, 5.41) is 0.600. The topological polar surface area (TPSA) is 38.8 Å². The fourth-order valence-electron chi connectivity index (χ4n) is 2.36. The summed E-state index contributed by atoms with van der Waals surface area (Å²) in [6, 6.07) is 7.09. The molecule has 2 rings (SSSR count). The zero-order chi connectivity index (χ0) is 14.5. The van der Waals surface area contributed by atoms with Gasteiger partial charge in [-0.05, 0) is 38.0 Å². The Hall–Kier alpha value is -1.26. The molecule has 0 aromatic heterocycles. The van der Waals surface area contributed by atoms with Crippen molar-refractivity contribution in [2.45, 2.75) is 32.0 Å². The van der Waals surface area contributed by atoms with Crippen LogP contribution in [0, 0.1) is 0 Å². The Morgan fingerprint density at radius 1 is 1.40 bits per heavy atom. The quantitative estimate of drug-likeness (QED) is 0.858. The van der Waals surface area contributed by atoms with Gasteiger partial charge in [0.15, 0.2) is 6.10 Å². The molecule has 1 saturated heterocycles. The Labute approximate surface area is 124 Å². The zero-order valence-electron chi connectivity index (χ0n) is 11.8. The van der Waals surface area contributed by atoms with E-state index in [0.29, 0.717) is 10.8 Å². The van der Waals surface area contributed by atoms with Crippen LogP contribution in [0.1, 0.15) is 19.8 Å². The van der Waals surface area contributed by atoms with Gasteiger partial charge >= 0.3 is 0 Å². The first-order chi connectivity index (χ1) is 9.60. The molecule has 1 unspecified atom stereocenters. The van der Waals surface area contributed by atoms with Gasteiger partial charge in [0.1, 0.15) is 5.75 Å². The zero-order valence-corrected chi connectivity index (χ0v) is 12.6. The third-order valence-electron chi connectivity index (χ3n) is 3.54. The molecule has 0 radical (unpaired) electrons. The molecule has 110 valence electrons. The molecule has 1 aliphatic heterocycles. The molecule has 4 nitrogen and oxygen atoms in total. The molecule has 0 saturated carbocycles. The van der Waals surface area contributed by atoms with E-state index in [2.05, 4.69) is 0 Å². The van der Waals surface area contributed by atoms with Gasteiger partial charge in [-0.15, -0.1) is 0 Å². The van der Waals surface area contributed by atoms with E-state index < -0.39 is 6.10 Å². The first-order valence-electron chi connectivity index (χ1n) is 6.84. The van der Waals surface area contributed by atoms with Crippen LogP contribution in [-0.2, 0) is 9.53 Å². The fourth-order valence-corrected chi connectivity index (χ4v) is 2.54. The van der Waals surface area contributed by atoms with Crippen LogP contribution in [0.25, 0.3) is 0 Å². The largest absolute Gasteiger partial charge is 0.481 e. The van der Waals surface area contributed by atoms with Crippen molar-refractivity contribution in [3.63, 3.8) is 0 Å². The highest BCUT2D eigenvalue weighted by Crippen LogP contribution is 2.20. The molecule has 20 heavy (non-hydrogen) atoms. The molecule has 0 bridgehead atoms. The molecule has 1 aromatic carbocycles. The summed E-state index contributed by atoms with van der Waals surface area (Å²) in [5.74, 6) is 0.629. The SMILES string of the molecule is COC1CCN(C(=O)C(C)Oc2cccc(Cl)c2)CC1.